The van der Waals surface area contributed by atoms with E-state index in [2.05, 4.69) is 0 Å². The van der Waals surface area contributed by atoms with E-state index in [1.165, 1.54) is 7.11 Å². The Morgan fingerprint density at radius 3 is 2.68 bits per heavy atom. The average Bonchev–Trinajstić information content (AvgIpc) is 2.54. The van der Waals surface area contributed by atoms with Crippen molar-refractivity contribution in [3.05, 3.63) is 64.2 Å². The molecule has 116 valence electrons. The number of aliphatic hydroxyl groups excluding tert-OH is 1. The third-order valence-corrected chi connectivity index (χ3v) is 3.42. The molecule has 0 saturated heterocycles. The predicted octanol–water partition coefficient (Wildman–Crippen LogP) is 3.61. The third kappa shape index (κ3) is 3.59. The summed E-state index contributed by atoms with van der Waals surface area (Å²) < 4.78 is 10.2. The lowest BCUT2D eigenvalue weighted by Crippen LogP contribution is -2.08. The van der Waals surface area contributed by atoms with Crippen molar-refractivity contribution in [2.45, 2.75) is 13.0 Å². The van der Waals surface area contributed by atoms with E-state index in [1.807, 2.05) is 6.92 Å². The van der Waals surface area contributed by atoms with Gasteiger partial charge in [0.15, 0.2) is 0 Å². The lowest BCUT2D eigenvalue weighted by Gasteiger charge is -2.17. The number of benzene rings is 2. The highest BCUT2D eigenvalue weighted by molar-refractivity contribution is 6.30. The maximum atomic E-state index is 11.7. The summed E-state index contributed by atoms with van der Waals surface area (Å²) in [6.45, 7) is 2.30. The lowest BCUT2D eigenvalue weighted by atomic mass is 9.98. The Bertz CT molecular complexity index is 669. The minimum atomic E-state index is -0.954. The van der Waals surface area contributed by atoms with E-state index < -0.39 is 12.1 Å². The van der Waals surface area contributed by atoms with Gasteiger partial charge in [0, 0.05) is 10.6 Å². The summed E-state index contributed by atoms with van der Waals surface area (Å²) in [6, 6.07) is 11.7. The van der Waals surface area contributed by atoms with Crippen LogP contribution in [0.25, 0.3) is 0 Å². The molecule has 2 rings (SSSR count). The number of carbonyl (C=O) groups is 1. The molecular formula is C17H17ClO4. The molecule has 0 aromatic heterocycles. The summed E-state index contributed by atoms with van der Waals surface area (Å²) in [5.41, 5.74) is 1.46. The molecule has 0 spiro atoms. The van der Waals surface area contributed by atoms with Crippen LogP contribution < -0.4 is 4.74 Å². The van der Waals surface area contributed by atoms with E-state index in [0.717, 1.165) is 0 Å². The van der Waals surface area contributed by atoms with Gasteiger partial charge in [0.1, 0.15) is 11.9 Å². The van der Waals surface area contributed by atoms with Gasteiger partial charge in [0.2, 0.25) is 0 Å². The largest absolute Gasteiger partial charge is 0.493 e. The van der Waals surface area contributed by atoms with Crippen molar-refractivity contribution in [1.29, 1.82) is 0 Å². The molecule has 0 fully saturated rings. The monoisotopic (exact) mass is 320 g/mol. The minimum Gasteiger partial charge on any atom is -0.493 e. The van der Waals surface area contributed by atoms with Crippen molar-refractivity contribution >= 4 is 17.6 Å². The standard InChI is InChI=1S/C17H17ClO4/c1-3-22-15-8-7-12(17(20)21-2)10-14(15)16(19)11-5-4-6-13(18)9-11/h4-10,16,19H,3H2,1-2H3. The Hall–Kier alpha value is -2.04. The molecule has 2 aromatic carbocycles. The fourth-order valence-corrected chi connectivity index (χ4v) is 2.35. The zero-order valence-electron chi connectivity index (χ0n) is 12.4. The summed E-state index contributed by atoms with van der Waals surface area (Å²) in [5, 5.41) is 11.1. The number of carbonyl (C=O) groups excluding carboxylic acids is 1. The Labute approximate surface area is 134 Å². The van der Waals surface area contributed by atoms with Crippen LogP contribution in [0.5, 0.6) is 5.75 Å². The number of rotatable bonds is 5. The molecule has 2 aromatic rings. The zero-order chi connectivity index (χ0) is 16.1. The first-order valence-corrected chi connectivity index (χ1v) is 7.23. The van der Waals surface area contributed by atoms with Gasteiger partial charge < -0.3 is 14.6 Å². The van der Waals surface area contributed by atoms with Gasteiger partial charge in [-0.05, 0) is 42.8 Å². The van der Waals surface area contributed by atoms with Crippen LogP contribution in [0.3, 0.4) is 0 Å². The Morgan fingerprint density at radius 2 is 2.05 bits per heavy atom. The van der Waals surface area contributed by atoms with Crippen molar-refractivity contribution in [1.82, 2.24) is 0 Å². The molecule has 0 radical (unpaired) electrons. The molecule has 0 aliphatic carbocycles. The number of hydrogen-bond acceptors (Lipinski definition) is 4. The van der Waals surface area contributed by atoms with Crippen LogP contribution in [0.1, 0.15) is 34.5 Å². The van der Waals surface area contributed by atoms with Crippen LogP contribution >= 0.6 is 11.6 Å². The van der Waals surface area contributed by atoms with Gasteiger partial charge in [-0.25, -0.2) is 4.79 Å². The maximum absolute atomic E-state index is 11.7. The summed E-state index contributed by atoms with van der Waals surface area (Å²) in [7, 11) is 1.31. The molecule has 0 heterocycles. The molecule has 0 saturated carbocycles. The van der Waals surface area contributed by atoms with Crippen LogP contribution in [0.2, 0.25) is 5.02 Å². The lowest BCUT2D eigenvalue weighted by molar-refractivity contribution is 0.0600. The SMILES string of the molecule is CCOc1ccc(C(=O)OC)cc1C(O)c1cccc(Cl)c1. The zero-order valence-corrected chi connectivity index (χ0v) is 13.1. The predicted molar refractivity (Wildman–Crippen MR) is 84.5 cm³/mol. The van der Waals surface area contributed by atoms with E-state index >= 15 is 0 Å². The maximum Gasteiger partial charge on any atom is 0.337 e. The molecular weight excluding hydrogens is 304 g/mol. The molecule has 1 N–H and O–H groups in total. The highest BCUT2D eigenvalue weighted by atomic mass is 35.5. The van der Waals surface area contributed by atoms with Crippen LogP contribution in [0.15, 0.2) is 42.5 Å². The van der Waals surface area contributed by atoms with E-state index in [1.54, 1.807) is 42.5 Å². The Balaban J connectivity index is 2.47. The second-order valence-corrected chi connectivity index (χ2v) is 5.07. The van der Waals surface area contributed by atoms with Crippen molar-refractivity contribution in [2.24, 2.45) is 0 Å². The average molecular weight is 321 g/mol. The first-order valence-electron chi connectivity index (χ1n) is 6.85. The van der Waals surface area contributed by atoms with E-state index in [4.69, 9.17) is 21.1 Å². The van der Waals surface area contributed by atoms with Gasteiger partial charge >= 0.3 is 5.97 Å². The van der Waals surface area contributed by atoms with E-state index in [9.17, 15) is 9.90 Å². The van der Waals surface area contributed by atoms with Crippen molar-refractivity contribution < 1.29 is 19.4 Å². The quantitative estimate of drug-likeness (QED) is 0.855. The molecule has 5 heteroatoms. The fraction of sp³-hybridized carbons (Fsp3) is 0.235. The first kappa shape index (κ1) is 16.3. The van der Waals surface area contributed by atoms with Gasteiger partial charge in [-0.1, -0.05) is 23.7 Å². The molecule has 0 aliphatic rings. The molecule has 1 atom stereocenters. The molecule has 0 aliphatic heterocycles. The van der Waals surface area contributed by atoms with Crippen LogP contribution in [-0.4, -0.2) is 24.8 Å². The Morgan fingerprint density at radius 1 is 1.27 bits per heavy atom. The van der Waals surface area contributed by atoms with Gasteiger partial charge in [0.05, 0.1) is 19.3 Å². The van der Waals surface area contributed by atoms with Crippen LogP contribution in [-0.2, 0) is 4.74 Å². The summed E-state index contributed by atoms with van der Waals surface area (Å²) >= 11 is 5.97. The summed E-state index contributed by atoms with van der Waals surface area (Å²) in [5.74, 6) is 0.0465. The second-order valence-electron chi connectivity index (χ2n) is 4.63. The van der Waals surface area contributed by atoms with Crippen LogP contribution in [0.4, 0.5) is 0 Å². The number of methoxy groups -OCH3 is 1. The van der Waals surface area contributed by atoms with Crippen molar-refractivity contribution in [2.75, 3.05) is 13.7 Å². The molecule has 4 nitrogen and oxygen atoms in total. The number of halogens is 1. The van der Waals surface area contributed by atoms with E-state index in [-0.39, 0.29) is 0 Å². The highest BCUT2D eigenvalue weighted by Crippen LogP contribution is 2.32. The first-order chi connectivity index (χ1) is 10.6. The number of esters is 1. The van der Waals surface area contributed by atoms with E-state index in [0.29, 0.717) is 34.1 Å². The summed E-state index contributed by atoms with van der Waals surface area (Å²) in [4.78, 5) is 11.7. The number of ether oxygens (including phenoxy) is 2. The molecule has 1 unspecified atom stereocenters. The smallest absolute Gasteiger partial charge is 0.337 e. The number of aliphatic hydroxyl groups is 1. The van der Waals surface area contributed by atoms with Crippen molar-refractivity contribution in [3.8, 4) is 5.75 Å². The van der Waals surface area contributed by atoms with Gasteiger partial charge in [-0.15, -0.1) is 0 Å². The van der Waals surface area contributed by atoms with Gasteiger partial charge in [-0.3, -0.25) is 0 Å². The topological polar surface area (TPSA) is 55.8 Å². The van der Waals surface area contributed by atoms with Gasteiger partial charge in [-0.2, -0.15) is 0 Å². The van der Waals surface area contributed by atoms with Crippen molar-refractivity contribution in [3.63, 3.8) is 0 Å². The second kappa shape index (κ2) is 7.29. The Kier molecular flexibility index (Phi) is 5.41. The fourth-order valence-electron chi connectivity index (χ4n) is 2.15. The molecule has 22 heavy (non-hydrogen) atoms. The highest BCUT2D eigenvalue weighted by Gasteiger charge is 2.19. The summed E-state index contributed by atoms with van der Waals surface area (Å²) in [6.07, 6.45) is -0.954. The molecule has 0 bridgehead atoms. The minimum absolute atomic E-state index is 0.349. The van der Waals surface area contributed by atoms with Gasteiger partial charge in [0.25, 0.3) is 0 Å². The number of hydrogen-bond donors (Lipinski definition) is 1. The van der Waals surface area contributed by atoms with Crippen LogP contribution in [0, 0.1) is 0 Å². The third-order valence-electron chi connectivity index (χ3n) is 3.19. The normalized spacial score (nSPS) is 11.8. The molecule has 0 amide bonds.